The number of rotatable bonds is 7. The number of halogens is 3. The van der Waals surface area contributed by atoms with Crippen LogP contribution >= 0.6 is 0 Å². The molecule has 7 heteroatoms. The van der Waals surface area contributed by atoms with Gasteiger partial charge in [0.25, 0.3) is 0 Å². The molecule has 1 heterocycles. The van der Waals surface area contributed by atoms with E-state index in [1.165, 1.54) is 25.0 Å². The zero-order chi connectivity index (χ0) is 20.1. The molecular weight excluding hydrogens is 367 g/mol. The molecule has 156 valence electrons. The molecule has 1 aromatic carbocycles. The molecule has 0 unspecified atom stereocenters. The van der Waals surface area contributed by atoms with Gasteiger partial charge in [-0.3, -0.25) is 4.90 Å². The molecular formula is C21H30F3N3O. The van der Waals surface area contributed by atoms with Gasteiger partial charge in [0.1, 0.15) is 0 Å². The number of carbonyl (C=O) groups is 1. The second kappa shape index (κ2) is 9.16. The topological polar surface area (TPSA) is 35.6 Å². The lowest BCUT2D eigenvalue weighted by atomic mass is 10.0. The average molecular weight is 397 g/mol. The van der Waals surface area contributed by atoms with Gasteiger partial charge in [0.15, 0.2) is 0 Å². The van der Waals surface area contributed by atoms with Crippen LogP contribution in [0.2, 0.25) is 0 Å². The Morgan fingerprint density at radius 1 is 1.21 bits per heavy atom. The third-order valence-electron chi connectivity index (χ3n) is 5.53. The summed E-state index contributed by atoms with van der Waals surface area (Å²) in [6.45, 7) is 5.79. The number of carbonyl (C=O) groups excluding carboxylic acids is 1. The molecule has 0 aromatic heterocycles. The van der Waals surface area contributed by atoms with E-state index < -0.39 is 11.7 Å². The highest BCUT2D eigenvalue weighted by atomic mass is 19.4. The molecule has 2 aliphatic rings. The number of piperidine rings is 1. The van der Waals surface area contributed by atoms with Crippen LogP contribution in [0.25, 0.3) is 0 Å². The van der Waals surface area contributed by atoms with Crippen LogP contribution in [0.15, 0.2) is 24.3 Å². The molecule has 0 bridgehead atoms. The molecule has 2 fully saturated rings. The lowest BCUT2D eigenvalue weighted by molar-refractivity contribution is -0.137. The smallest absolute Gasteiger partial charge is 0.335 e. The predicted molar refractivity (Wildman–Crippen MR) is 103 cm³/mol. The van der Waals surface area contributed by atoms with E-state index in [1.807, 2.05) is 4.90 Å². The molecule has 1 aliphatic carbocycles. The van der Waals surface area contributed by atoms with Crippen LogP contribution in [0.3, 0.4) is 0 Å². The molecule has 28 heavy (non-hydrogen) atoms. The molecule has 4 nitrogen and oxygen atoms in total. The Bertz CT molecular complexity index is 653. The van der Waals surface area contributed by atoms with Gasteiger partial charge in [-0.05, 0) is 49.7 Å². The van der Waals surface area contributed by atoms with Crippen molar-refractivity contribution in [2.45, 2.75) is 57.8 Å². The Kier molecular flexibility index (Phi) is 6.86. The van der Waals surface area contributed by atoms with Crippen LogP contribution in [0.4, 0.5) is 18.0 Å². The maximum absolute atomic E-state index is 12.9. The van der Waals surface area contributed by atoms with Crippen molar-refractivity contribution < 1.29 is 18.0 Å². The monoisotopic (exact) mass is 397 g/mol. The largest absolute Gasteiger partial charge is 0.416 e. The first-order valence-electron chi connectivity index (χ1n) is 10.3. The molecule has 1 saturated carbocycles. The summed E-state index contributed by atoms with van der Waals surface area (Å²) in [4.78, 5) is 16.7. The summed E-state index contributed by atoms with van der Waals surface area (Å²) in [5, 5.41) is 3.16. The van der Waals surface area contributed by atoms with E-state index in [-0.39, 0.29) is 12.1 Å². The highest BCUT2D eigenvalue weighted by Gasteiger charge is 2.31. The minimum Gasteiger partial charge on any atom is -0.335 e. The number of hydrogen-bond donors (Lipinski definition) is 1. The van der Waals surface area contributed by atoms with Gasteiger partial charge in [-0.15, -0.1) is 0 Å². The Hall–Kier alpha value is -1.76. The average Bonchev–Trinajstić information content (AvgIpc) is 3.47. The third kappa shape index (κ3) is 6.12. The SMILES string of the molecule is CCCN(CC1CC1)C(=O)NC1CCN(Cc2cccc(C(F)(F)F)c2)CC1. The Morgan fingerprint density at radius 2 is 1.93 bits per heavy atom. The summed E-state index contributed by atoms with van der Waals surface area (Å²) in [5.41, 5.74) is 0.0784. The van der Waals surface area contributed by atoms with E-state index in [2.05, 4.69) is 17.1 Å². The number of benzene rings is 1. The highest BCUT2D eigenvalue weighted by Crippen LogP contribution is 2.30. The Balaban J connectivity index is 1.46. The van der Waals surface area contributed by atoms with Crippen molar-refractivity contribution in [2.24, 2.45) is 5.92 Å². The number of likely N-dealkylation sites (tertiary alicyclic amines) is 1. The maximum Gasteiger partial charge on any atom is 0.416 e. The van der Waals surface area contributed by atoms with E-state index in [4.69, 9.17) is 0 Å². The van der Waals surface area contributed by atoms with Crippen LogP contribution in [0.1, 0.15) is 50.2 Å². The van der Waals surface area contributed by atoms with Gasteiger partial charge in [0, 0.05) is 38.8 Å². The van der Waals surface area contributed by atoms with Crippen molar-refractivity contribution in [2.75, 3.05) is 26.2 Å². The normalized spacial score (nSPS) is 18.9. The van der Waals surface area contributed by atoms with Crippen molar-refractivity contribution in [3.63, 3.8) is 0 Å². The van der Waals surface area contributed by atoms with E-state index in [9.17, 15) is 18.0 Å². The quantitative estimate of drug-likeness (QED) is 0.735. The standard InChI is InChI=1S/C21H30F3N3O/c1-2-10-27(15-16-6-7-16)20(28)25-19-8-11-26(12-9-19)14-17-4-3-5-18(13-17)21(22,23)24/h3-5,13,16,19H,2,6-12,14-15H2,1H3,(H,25,28). The Labute approximate surface area is 165 Å². The fraction of sp³-hybridized carbons (Fsp3) is 0.667. The first kappa shape index (κ1) is 21.0. The maximum atomic E-state index is 12.9. The molecule has 3 rings (SSSR count). The lowest BCUT2D eigenvalue weighted by Gasteiger charge is -2.34. The molecule has 1 N–H and O–H groups in total. The molecule has 1 saturated heterocycles. The molecule has 0 spiro atoms. The second-order valence-electron chi connectivity index (χ2n) is 8.09. The number of urea groups is 1. The summed E-state index contributed by atoms with van der Waals surface area (Å²) in [5.74, 6) is 0.673. The van der Waals surface area contributed by atoms with E-state index in [0.717, 1.165) is 51.5 Å². The fourth-order valence-corrected chi connectivity index (χ4v) is 3.76. The van der Waals surface area contributed by atoms with Gasteiger partial charge in [0.05, 0.1) is 5.56 Å². The van der Waals surface area contributed by atoms with Gasteiger partial charge >= 0.3 is 12.2 Å². The van der Waals surface area contributed by atoms with Crippen LogP contribution < -0.4 is 5.32 Å². The van der Waals surface area contributed by atoms with E-state index in [1.54, 1.807) is 6.07 Å². The second-order valence-corrected chi connectivity index (χ2v) is 8.09. The lowest BCUT2D eigenvalue weighted by Crippen LogP contribution is -2.49. The molecule has 2 amide bonds. The van der Waals surface area contributed by atoms with Crippen molar-refractivity contribution >= 4 is 6.03 Å². The minimum absolute atomic E-state index is 0.0325. The van der Waals surface area contributed by atoms with Gasteiger partial charge in [-0.25, -0.2) is 4.79 Å². The van der Waals surface area contributed by atoms with Crippen molar-refractivity contribution in [1.29, 1.82) is 0 Å². The van der Waals surface area contributed by atoms with Crippen LogP contribution in [-0.2, 0) is 12.7 Å². The predicted octanol–water partition coefficient (Wildman–Crippen LogP) is 4.50. The van der Waals surface area contributed by atoms with Gasteiger partial charge in [-0.2, -0.15) is 13.2 Å². The Morgan fingerprint density at radius 3 is 2.54 bits per heavy atom. The molecule has 1 aromatic rings. The van der Waals surface area contributed by atoms with Crippen molar-refractivity contribution in [3.8, 4) is 0 Å². The van der Waals surface area contributed by atoms with Crippen molar-refractivity contribution in [1.82, 2.24) is 15.1 Å². The summed E-state index contributed by atoms with van der Waals surface area (Å²) in [6, 6.07) is 5.72. The van der Waals surface area contributed by atoms with E-state index >= 15 is 0 Å². The molecule has 1 aliphatic heterocycles. The fourth-order valence-electron chi connectivity index (χ4n) is 3.76. The number of amides is 2. The zero-order valence-electron chi connectivity index (χ0n) is 16.5. The summed E-state index contributed by atoms with van der Waals surface area (Å²) in [7, 11) is 0. The van der Waals surface area contributed by atoms with Crippen molar-refractivity contribution in [3.05, 3.63) is 35.4 Å². The number of alkyl halides is 3. The first-order valence-corrected chi connectivity index (χ1v) is 10.3. The third-order valence-corrected chi connectivity index (χ3v) is 5.53. The molecule has 0 atom stereocenters. The molecule has 0 radical (unpaired) electrons. The summed E-state index contributed by atoms with van der Waals surface area (Å²) in [6.07, 6.45) is 0.749. The van der Waals surface area contributed by atoms with Crippen LogP contribution in [-0.4, -0.2) is 48.1 Å². The number of nitrogens with zero attached hydrogens (tertiary/aromatic N) is 2. The summed E-state index contributed by atoms with van der Waals surface area (Å²) < 4.78 is 38.6. The van der Waals surface area contributed by atoms with Gasteiger partial charge < -0.3 is 10.2 Å². The minimum atomic E-state index is -4.31. The van der Waals surface area contributed by atoms with Crippen LogP contribution in [0.5, 0.6) is 0 Å². The van der Waals surface area contributed by atoms with Crippen LogP contribution in [0, 0.1) is 5.92 Å². The summed E-state index contributed by atoms with van der Waals surface area (Å²) >= 11 is 0. The number of hydrogen-bond acceptors (Lipinski definition) is 2. The zero-order valence-corrected chi connectivity index (χ0v) is 16.5. The van der Waals surface area contributed by atoms with E-state index in [0.29, 0.717) is 18.0 Å². The van der Waals surface area contributed by atoms with Gasteiger partial charge in [-0.1, -0.05) is 25.1 Å². The first-order chi connectivity index (χ1) is 13.3. The highest BCUT2D eigenvalue weighted by molar-refractivity contribution is 5.74. The number of nitrogens with one attached hydrogen (secondary N) is 1. The van der Waals surface area contributed by atoms with Gasteiger partial charge in [0.2, 0.25) is 0 Å².